The van der Waals surface area contributed by atoms with Crippen molar-refractivity contribution in [1.82, 2.24) is 4.57 Å². The molecule has 0 aliphatic heterocycles. The molecular weight excluding hydrogens is 483 g/mol. The summed E-state index contributed by atoms with van der Waals surface area (Å²) in [6.07, 6.45) is 1.41. The van der Waals surface area contributed by atoms with Crippen LogP contribution < -0.4 is 10.3 Å². The Bertz CT molecular complexity index is 976. The van der Waals surface area contributed by atoms with Crippen molar-refractivity contribution in [2.24, 2.45) is 0 Å². The summed E-state index contributed by atoms with van der Waals surface area (Å²) in [7, 11) is -3.78. The van der Waals surface area contributed by atoms with Gasteiger partial charge in [0.1, 0.15) is 17.8 Å². The molecule has 0 bridgehead atoms. The third-order valence-electron chi connectivity index (χ3n) is 3.28. The number of esters is 1. The van der Waals surface area contributed by atoms with Crippen LogP contribution >= 0.6 is 22.6 Å². The number of aromatic nitrogens is 1. The molecule has 1 heterocycles. The maximum absolute atomic E-state index is 12.5. The highest BCUT2D eigenvalue weighted by atomic mass is 127. The number of carbonyl (C=O) groups is 1. The normalized spacial score (nSPS) is 11.9. The molecule has 0 fully saturated rings. The van der Waals surface area contributed by atoms with E-state index in [1.54, 1.807) is 32.9 Å². The third kappa shape index (κ3) is 6.98. The van der Waals surface area contributed by atoms with Crippen LogP contribution in [0.3, 0.4) is 0 Å². The van der Waals surface area contributed by atoms with Gasteiger partial charge in [-0.05, 0) is 73.2 Å². The predicted molar refractivity (Wildman–Crippen MR) is 112 cm³/mol. The molecule has 0 radical (unpaired) electrons. The first-order chi connectivity index (χ1) is 12.5. The molecule has 146 valence electrons. The van der Waals surface area contributed by atoms with Crippen molar-refractivity contribution in [2.75, 3.05) is 4.72 Å². The molecular formula is C18H21IN2O5S. The van der Waals surface area contributed by atoms with Gasteiger partial charge in [-0.25, -0.2) is 8.42 Å². The van der Waals surface area contributed by atoms with Crippen molar-refractivity contribution >= 4 is 44.3 Å². The first-order valence-corrected chi connectivity index (χ1v) is 10.8. The summed E-state index contributed by atoms with van der Waals surface area (Å²) in [4.78, 5) is 24.4. The summed E-state index contributed by atoms with van der Waals surface area (Å²) in [6, 6.07) is 9.90. The number of sulfonamides is 1. The maximum atomic E-state index is 12.5. The van der Waals surface area contributed by atoms with E-state index in [0.29, 0.717) is 5.56 Å². The van der Waals surface area contributed by atoms with Crippen molar-refractivity contribution < 1.29 is 17.9 Å². The van der Waals surface area contributed by atoms with Gasteiger partial charge in [0, 0.05) is 9.77 Å². The molecule has 2 rings (SSSR count). The minimum atomic E-state index is -3.78. The number of hydrogen-bond donors (Lipinski definition) is 1. The lowest BCUT2D eigenvalue weighted by Crippen LogP contribution is -2.31. The molecule has 0 aliphatic rings. The van der Waals surface area contributed by atoms with Crippen LogP contribution in [0.2, 0.25) is 0 Å². The highest BCUT2D eigenvalue weighted by Crippen LogP contribution is 2.12. The predicted octanol–water partition coefficient (Wildman–Crippen LogP) is 2.74. The second-order valence-electron chi connectivity index (χ2n) is 6.93. The van der Waals surface area contributed by atoms with Crippen LogP contribution in [0.1, 0.15) is 26.3 Å². The van der Waals surface area contributed by atoms with E-state index in [2.05, 4.69) is 27.3 Å². The minimum absolute atomic E-state index is 0.119. The van der Waals surface area contributed by atoms with E-state index in [1.165, 1.54) is 18.3 Å². The fourth-order valence-electron chi connectivity index (χ4n) is 2.26. The fraction of sp³-hybridized carbons (Fsp3) is 0.333. The van der Waals surface area contributed by atoms with Crippen LogP contribution in [0.5, 0.6) is 0 Å². The Morgan fingerprint density at radius 3 is 2.41 bits per heavy atom. The smallest absolute Gasteiger partial charge is 0.326 e. The lowest BCUT2D eigenvalue weighted by molar-refractivity contribution is -0.155. The van der Waals surface area contributed by atoms with E-state index in [1.807, 2.05) is 12.1 Å². The average Bonchev–Trinajstić information content (AvgIpc) is 2.51. The number of nitrogens with one attached hydrogen (secondary N) is 1. The van der Waals surface area contributed by atoms with E-state index in [9.17, 15) is 18.0 Å². The van der Waals surface area contributed by atoms with Gasteiger partial charge in [0.25, 0.3) is 5.56 Å². The van der Waals surface area contributed by atoms with E-state index in [0.717, 1.165) is 8.14 Å². The van der Waals surface area contributed by atoms with Crippen LogP contribution in [-0.2, 0) is 31.9 Å². The lowest BCUT2D eigenvalue weighted by Gasteiger charge is -2.19. The summed E-state index contributed by atoms with van der Waals surface area (Å²) in [5, 5.41) is 0. The molecule has 1 aromatic carbocycles. The molecule has 2 aromatic rings. The van der Waals surface area contributed by atoms with Gasteiger partial charge in [0.05, 0.1) is 5.75 Å². The highest BCUT2D eigenvalue weighted by molar-refractivity contribution is 14.1. The van der Waals surface area contributed by atoms with Crippen molar-refractivity contribution in [3.8, 4) is 0 Å². The largest absolute Gasteiger partial charge is 0.459 e. The first kappa shape index (κ1) is 21.4. The molecule has 0 spiro atoms. The molecule has 0 saturated carbocycles. The molecule has 27 heavy (non-hydrogen) atoms. The van der Waals surface area contributed by atoms with Gasteiger partial charge in [-0.15, -0.1) is 0 Å². The van der Waals surface area contributed by atoms with Gasteiger partial charge < -0.3 is 9.30 Å². The van der Waals surface area contributed by atoms with E-state index >= 15 is 0 Å². The number of anilines is 1. The third-order valence-corrected chi connectivity index (χ3v) is 5.24. The number of ether oxygens (including phenoxy) is 1. The van der Waals surface area contributed by atoms with Crippen LogP contribution in [0.4, 0.5) is 5.69 Å². The molecule has 0 aliphatic carbocycles. The summed E-state index contributed by atoms with van der Waals surface area (Å²) in [5.74, 6) is -0.840. The number of hydrogen-bond acceptors (Lipinski definition) is 5. The zero-order valence-corrected chi connectivity index (χ0v) is 18.2. The van der Waals surface area contributed by atoms with Gasteiger partial charge in [0.2, 0.25) is 10.0 Å². The maximum Gasteiger partial charge on any atom is 0.326 e. The fourth-order valence-corrected chi connectivity index (χ4v) is 3.81. The second kappa shape index (κ2) is 8.42. The Morgan fingerprint density at radius 1 is 1.19 bits per heavy atom. The quantitative estimate of drug-likeness (QED) is 0.483. The number of halogens is 1. The monoisotopic (exact) mass is 504 g/mol. The number of nitrogens with zero attached hydrogens (tertiary/aromatic N) is 1. The zero-order valence-electron chi connectivity index (χ0n) is 15.2. The van der Waals surface area contributed by atoms with E-state index in [4.69, 9.17) is 4.74 Å². The summed E-state index contributed by atoms with van der Waals surface area (Å²) in [5.41, 5.74) is -0.804. The Kier molecular flexibility index (Phi) is 6.68. The standard InChI is InChI=1S/C18H21IN2O5S/c1-18(2,3)26-16(22)11-21-10-4-5-15(17(21)23)20-27(24,25)12-13-6-8-14(19)9-7-13/h4-10,20H,11-12H2,1-3H3. The Balaban J connectivity index is 2.16. The Hall–Kier alpha value is -1.88. The molecule has 1 aromatic heterocycles. The summed E-state index contributed by atoms with van der Waals surface area (Å²) >= 11 is 2.13. The average molecular weight is 504 g/mol. The van der Waals surface area contributed by atoms with Crippen LogP contribution in [0, 0.1) is 3.57 Å². The molecule has 0 amide bonds. The van der Waals surface area contributed by atoms with Crippen molar-refractivity contribution in [2.45, 2.75) is 38.7 Å². The highest BCUT2D eigenvalue weighted by Gasteiger charge is 2.19. The molecule has 0 saturated heterocycles. The van der Waals surface area contributed by atoms with Crippen molar-refractivity contribution in [1.29, 1.82) is 0 Å². The molecule has 0 atom stereocenters. The molecule has 0 unspecified atom stereocenters. The first-order valence-electron chi connectivity index (χ1n) is 8.11. The van der Waals surface area contributed by atoms with Crippen molar-refractivity contribution in [3.63, 3.8) is 0 Å². The molecule has 9 heteroatoms. The van der Waals surface area contributed by atoms with E-state index < -0.39 is 27.2 Å². The van der Waals surface area contributed by atoms with E-state index in [-0.39, 0.29) is 18.0 Å². The minimum Gasteiger partial charge on any atom is -0.459 e. The summed E-state index contributed by atoms with van der Waals surface area (Å²) in [6.45, 7) is 4.87. The van der Waals surface area contributed by atoms with Gasteiger partial charge in [0.15, 0.2) is 0 Å². The second-order valence-corrected chi connectivity index (χ2v) is 9.90. The number of benzene rings is 1. The van der Waals surface area contributed by atoms with Crippen LogP contribution in [0.15, 0.2) is 47.4 Å². The topological polar surface area (TPSA) is 94.5 Å². The molecule has 1 N–H and O–H groups in total. The van der Waals surface area contributed by atoms with Gasteiger partial charge in [-0.1, -0.05) is 12.1 Å². The number of rotatable bonds is 6. The van der Waals surface area contributed by atoms with Gasteiger partial charge in [-0.2, -0.15) is 0 Å². The van der Waals surface area contributed by atoms with Crippen molar-refractivity contribution in [3.05, 3.63) is 62.1 Å². The number of pyridine rings is 1. The van der Waals surface area contributed by atoms with Crippen LogP contribution in [0.25, 0.3) is 0 Å². The van der Waals surface area contributed by atoms with Gasteiger partial charge in [-0.3, -0.25) is 14.3 Å². The lowest BCUT2D eigenvalue weighted by atomic mass is 10.2. The Morgan fingerprint density at radius 2 is 1.81 bits per heavy atom. The molecule has 7 nitrogen and oxygen atoms in total. The number of carbonyl (C=O) groups excluding carboxylic acids is 1. The summed E-state index contributed by atoms with van der Waals surface area (Å²) < 4.78 is 34.3. The van der Waals surface area contributed by atoms with Crippen LogP contribution in [-0.4, -0.2) is 24.6 Å². The SMILES string of the molecule is CC(C)(C)OC(=O)Cn1cccc(NS(=O)(=O)Cc2ccc(I)cc2)c1=O. The Labute approximate surface area is 171 Å². The van der Waals surface area contributed by atoms with Gasteiger partial charge >= 0.3 is 5.97 Å². The zero-order chi connectivity index (χ0) is 20.2.